The van der Waals surface area contributed by atoms with Crippen molar-refractivity contribution in [1.82, 2.24) is 10.2 Å². The predicted molar refractivity (Wildman–Crippen MR) is 75.5 cm³/mol. The highest BCUT2D eigenvalue weighted by Gasteiger charge is 2.34. The summed E-state index contributed by atoms with van der Waals surface area (Å²) in [6, 6.07) is 0. The average molecular weight is 269 g/mol. The van der Waals surface area contributed by atoms with Crippen molar-refractivity contribution in [3.05, 3.63) is 0 Å². The van der Waals surface area contributed by atoms with Crippen LogP contribution in [0, 0.1) is 5.41 Å². The maximum absolute atomic E-state index is 12.2. The first-order valence-electron chi connectivity index (χ1n) is 7.24. The summed E-state index contributed by atoms with van der Waals surface area (Å²) < 4.78 is 0. The molecule has 3 N–H and O–H groups in total. The van der Waals surface area contributed by atoms with E-state index in [0.717, 1.165) is 25.7 Å². The molecule has 0 aliphatic heterocycles. The maximum Gasteiger partial charge on any atom is 0.239 e. The Balaban J connectivity index is 2.49. The van der Waals surface area contributed by atoms with Crippen LogP contribution in [0.2, 0.25) is 0 Å². The summed E-state index contributed by atoms with van der Waals surface area (Å²) >= 11 is 0. The molecule has 0 atom stereocenters. The van der Waals surface area contributed by atoms with Gasteiger partial charge < -0.3 is 16.0 Å². The molecule has 0 aromatic carbocycles. The minimum Gasteiger partial charge on any atom is -0.355 e. The van der Waals surface area contributed by atoms with E-state index in [1.54, 1.807) is 7.05 Å². The van der Waals surface area contributed by atoms with E-state index < -0.39 is 0 Å². The summed E-state index contributed by atoms with van der Waals surface area (Å²) in [5.41, 5.74) is 5.85. The predicted octanol–water partition coefficient (Wildman–Crippen LogP) is 0.880. The van der Waals surface area contributed by atoms with Crippen LogP contribution in [-0.4, -0.2) is 43.4 Å². The summed E-state index contributed by atoms with van der Waals surface area (Å²) in [6.07, 6.45) is 6.09. The molecule has 1 fully saturated rings. The van der Waals surface area contributed by atoms with Crippen LogP contribution in [0.3, 0.4) is 0 Å². The van der Waals surface area contributed by atoms with Crippen molar-refractivity contribution < 1.29 is 9.59 Å². The minimum absolute atomic E-state index is 0.0265. The van der Waals surface area contributed by atoms with Gasteiger partial charge in [-0.1, -0.05) is 19.3 Å². The van der Waals surface area contributed by atoms with E-state index in [2.05, 4.69) is 5.32 Å². The molecule has 1 rings (SSSR count). The van der Waals surface area contributed by atoms with E-state index in [1.165, 1.54) is 11.3 Å². The SMILES string of the molecule is CCNC(=O)CN(C)C(=O)CC1(CN)CCCCC1. The molecule has 2 amide bonds. The number of hydrogen-bond acceptors (Lipinski definition) is 3. The van der Waals surface area contributed by atoms with Gasteiger partial charge in [0.15, 0.2) is 0 Å². The number of carbonyl (C=O) groups is 2. The Morgan fingerprint density at radius 1 is 1.26 bits per heavy atom. The van der Waals surface area contributed by atoms with Gasteiger partial charge in [0.05, 0.1) is 6.54 Å². The standard InChI is InChI=1S/C14H27N3O2/c1-3-16-12(18)10-17(2)13(19)9-14(11-15)7-5-4-6-8-14/h3-11,15H2,1-2H3,(H,16,18). The minimum atomic E-state index is -0.108. The molecule has 0 aromatic rings. The second kappa shape index (κ2) is 7.48. The molecule has 1 aliphatic rings. The van der Waals surface area contributed by atoms with Gasteiger partial charge >= 0.3 is 0 Å². The highest BCUT2D eigenvalue weighted by molar-refractivity contribution is 5.84. The molecule has 0 saturated heterocycles. The van der Waals surface area contributed by atoms with Crippen LogP contribution >= 0.6 is 0 Å². The number of nitrogens with two attached hydrogens (primary N) is 1. The fourth-order valence-corrected chi connectivity index (χ4v) is 2.77. The number of amides is 2. The molecular weight excluding hydrogens is 242 g/mol. The van der Waals surface area contributed by atoms with Crippen molar-refractivity contribution in [2.24, 2.45) is 11.1 Å². The zero-order chi connectivity index (χ0) is 14.3. The molecule has 5 nitrogen and oxygen atoms in total. The highest BCUT2D eigenvalue weighted by atomic mass is 16.2. The number of hydrogen-bond donors (Lipinski definition) is 2. The van der Waals surface area contributed by atoms with Crippen LogP contribution in [0.4, 0.5) is 0 Å². The largest absolute Gasteiger partial charge is 0.355 e. The summed E-state index contributed by atoms with van der Waals surface area (Å²) in [4.78, 5) is 25.2. The molecule has 5 heteroatoms. The second-order valence-electron chi connectivity index (χ2n) is 5.64. The van der Waals surface area contributed by atoms with Gasteiger partial charge in [0.25, 0.3) is 0 Å². The third-order valence-electron chi connectivity index (χ3n) is 4.05. The van der Waals surface area contributed by atoms with Gasteiger partial charge in [0.1, 0.15) is 0 Å². The topological polar surface area (TPSA) is 75.4 Å². The van der Waals surface area contributed by atoms with Gasteiger partial charge in [-0.2, -0.15) is 0 Å². The van der Waals surface area contributed by atoms with E-state index in [0.29, 0.717) is 19.5 Å². The zero-order valence-electron chi connectivity index (χ0n) is 12.2. The normalized spacial score (nSPS) is 17.8. The molecule has 0 heterocycles. The summed E-state index contributed by atoms with van der Waals surface area (Å²) in [5.74, 6) is -0.0811. The third kappa shape index (κ3) is 4.82. The smallest absolute Gasteiger partial charge is 0.239 e. The fraction of sp³-hybridized carbons (Fsp3) is 0.857. The van der Waals surface area contributed by atoms with Gasteiger partial charge in [0, 0.05) is 20.0 Å². The van der Waals surface area contributed by atoms with Crippen LogP contribution in [0.1, 0.15) is 45.4 Å². The van der Waals surface area contributed by atoms with Crippen LogP contribution in [0.5, 0.6) is 0 Å². The van der Waals surface area contributed by atoms with Crippen LogP contribution in [0.25, 0.3) is 0 Å². The van der Waals surface area contributed by atoms with Crippen LogP contribution < -0.4 is 11.1 Å². The van der Waals surface area contributed by atoms with Gasteiger partial charge in [-0.25, -0.2) is 0 Å². The van der Waals surface area contributed by atoms with E-state index in [9.17, 15) is 9.59 Å². The number of nitrogens with one attached hydrogen (secondary N) is 1. The molecular formula is C14H27N3O2. The molecule has 1 saturated carbocycles. The molecule has 0 bridgehead atoms. The molecule has 0 unspecified atom stereocenters. The molecule has 0 radical (unpaired) electrons. The molecule has 1 aliphatic carbocycles. The zero-order valence-corrected chi connectivity index (χ0v) is 12.2. The lowest BCUT2D eigenvalue weighted by Gasteiger charge is -2.36. The van der Waals surface area contributed by atoms with E-state index in [1.807, 2.05) is 6.92 Å². The summed E-state index contributed by atoms with van der Waals surface area (Å²) in [7, 11) is 1.69. The van der Waals surface area contributed by atoms with Gasteiger partial charge in [0.2, 0.25) is 11.8 Å². The van der Waals surface area contributed by atoms with Crippen molar-refractivity contribution in [1.29, 1.82) is 0 Å². The van der Waals surface area contributed by atoms with Gasteiger partial charge in [-0.3, -0.25) is 9.59 Å². The van der Waals surface area contributed by atoms with Gasteiger partial charge in [-0.05, 0) is 31.7 Å². The first-order chi connectivity index (χ1) is 9.03. The molecule has 110 valence electrons. The lowest BCUT2D eigenvalue weighted by Crippen LogP contribution is -2.42. The highest BCUT2D eigenvalue weighted by Crippen LogP contribution is 2.38. The van der Waals surface area contributed by atoms with E-state index >= 15 is 0 Å². The van der Waals surface area contributed by atoms with Gasteiger partial charge in [-0.15, -0.1) is 0 Å². The average Bonchev–Trinajstić information content (AvgIpc) is 2.40. The first-order valence-corrected chi connectivity index (χ1v) is 7.24. The van der Waals surface area contributed by atoms with Crippen molar-refractivity contribution >= 4 is 11.8 Å². The van der Waals surface area contributed by atoms with Crippen LogP contribution in [-0.2, 0) is 9.59 Å². The Morgan fingerprint density at radius 3 is 2.42 bits per heavy atom. The number of carbonyl (C=O) groups excluding carboxylic acids is 2. The number of likely N-dealkylation sites (N-methyl/N-ethyl adjacent to an activating group) is 2. The quantitative estimate of drug-likeness (QED) is 0.751. The maximum atomic E-state index is 12.2. The third-order valence-corrected chi connectivity index (χ3v) is 4.05. The van der Waals surface area contributed by atoms with Crippen LogP contribution in [0.15, 0.2) is 0 Å². The Morgan fingerprint density at radius 2 is 1.89 bits per heavy atom. The molecule has 0 aromatic heterocycles. The molecule has 0 spiro atoms. The lowest BCUT2D eigenvalue weighted by molar-refractivity contribution is -0.137. The first kappa shape index (κ1) is 16.0. The monoisotopic (exact) mass is 269 g/mol. The Hall–Kier alpha value is -1.10. The fourth-order valence-electron chi connectivity index (χ4n) is 2.77. The Bertz CT molecular complexity index is 312. The van der Waals surface area contributed by atoms with Crippen molar-refractivity contribution in [2.45, 2.75) is 45.4 Å². The van der Waals surface area contributed by atoms with Crippen molar-refractivity contribution in [2.75, 3.05) is 26.7 Å². The van der Waals surface area contributed by atoms with E-state index in [-0.39, 0.29) is 23.8 Å². The number of rotatable bonds is 6. The van der Waals surface area contributed by atoms with E-state index in [4.69, 9.17) is 5.73 Å². The lowest BCUT2D eigenvalue weighted by atomic mass is 9.71. The summed E-state index contributed by atoms with van der Waals surface area (Å²) in [5, 5.41) is 2.70. The van der Waals surface area contributed by atoms with Crippen molar-refractivity contribution in [3.8, 4) is 0 Å². The Labute approximate surface area is 115 Å². The molecule has 19 heavy (non-hydrogen) atoms. The second-order valence-corrected chi connectivity index (χ2v) is 5.64. The summed E-state index contributed by atoms with van der Waals surface area (Å²) in [6.45, 7) is 3.15. The van der Waals surface area contributed by atoms with Crippen molar-refractivity contribution in [3.63, 3.8) is 0 Å². The Kier molecular flexibility index (Phi) is 6.28. The number of nitrogens with zero attached hydrogens (tertiary/aromatic N) is 1.